The molecule has 0 spiro atoms. The summed E-state index contributed by atoms with van der Waals surface area (Å²) in [7, 11) is 0. The number of unbranched alkanes of at least 4 members (excludes halogenated alkanes) is 2. The van der Waals surface area contributed by atoms with E-state index in [2.05, 4.69) is 0 Å². The van der Waals surface area contributed by atoms with Crippen LogP contribution in [0.2, 0.25) is 0 Å². The van der Waals surface area contributed by atoms with E-state index >= 15 is 0 Å². The Morgan fingerprint density at radius 3 is 1.62 bits per heavy atom. The van der Waals surface area contributed by atoms with Crippen LogP contribution in [0.3, 0.4) is 0 Å². The van der Waals surface area contributed by atoms with Gasteiger partial charge in [-0.25, -0.2) is 0 Å². The average Bonchev–Trinajstić information content (AvgIpc) is 2.97. The molecule has 0 aliphatic heterocycles. The molecule has 2 N–H and O–H groups in total. The maximum absolute atomic E-state index is 10.3. The van der Waals surface area contributed by atoms with Crippen LogP contribution in [-0.2, 0) is 0 Å². The van der Waals surface area contributed by atoms with Crippen LogP contribution in [0, 0.1) is 0 Å². The third kappa shape index (κ3) is 3.74. The quantitative estimate of drug-likeness (QED) is 0.683. The Bertz CT molecular complexity index is 215. The predicted octanol–water partition coefficient (Wildman–Crippen LogP) is 3.16. The molecule has 0 heterocycles. The van der Waals surface area contributed by atoms with Gasteiger partial charge in [-0.2, -0.15) is 0 Å². The first-order chi connectivity index (χ1) is 7.62. The fraction of sp³-hybridized carbons (Fsp3) is 1.00. The topological polar surface area (TPSA) is 40.5 Å². The second kappa shape index (κ2) is 5.05. The zero-order chi connectivity index (χ0) is 11.5. The van der Waals surface area contributed by atoms with E-state index in [1.807, 2.05) is 0 Å². The van der Waals surface area contributed by atoms with Crippen LogP contribution in [-0.4, -0.2) is 21.4 Å². The minimum atomic E-state index is -0.339. The molecule has 94 valence electrons. The zero-order valence-electron chi connectivity index (χ0n) is 10.4. The van der Waals surface area contributed by atoms with Crippen molar-refractivity contribution >= 4 is 0 Å². The van der Waals surface area contributed by atoms with E-state index < -0.39 is 0 Å². The van der Waals surface area contributed by atoms with Gasteiger partial charge in [0.15, 0.2) is 0 Å². The first kappa shape index (κ1) is 12.4. The number of rotatable bonds is 6. The molecule has 2 saturated carbocycles. The summed E-state index contributed by atoms with van der Waals surface area (Å²) in [5.74, 6) is 0. The molecule has 0 unspecified atom stereocenters. The Labute approximate surface area is 99.1 Å². The molecule has 0 atom stereocenters. The summed E-state index contributed by atoms with van der Waals surface area (Å²) >= 11 is 0. The Kier molecular flexibility index (Phi) is 3.91. The summed E-state index contributed by atoms with van der Waals surface area (Å²) in [5, 5.41) is 20.0. The van der Waals surface area contributed by atoms with Crippen LogP contribution in [0.4, 0.5) is 0 Å². The second-order valence-corrected chi connectivity index (χ2v) is 6.07. The summed E-state index contributed by atoms with van der Waals surface area (Å²) in [5.41, 5.74) is -0.615. The molecule has 0 amide bonds. The lowest BCUT2D eigenvalue weighted by atomic mass is 9.81. The molecular formula is C14H26O2. The van der Waals surface area contributed by atoms with Crippen LogP contribution in [0.5, 0.6) is 0 Å². The van der Waals surface area contributed by atoms with Gasteiger partial charge in [-0.3, -0.25) is 0 Å². The van der Waals surface area contributed by atoms with Gasteiger partial charge >= 0.3 is 0 Å². The molecule has 0 radical (unpaired) electrons. The molecule has 16 heavy (non-hydrogen) atoms. The first-order valence-corrected chi connectivity index (χ1v) is 7.07. The fourth-order valence-electron chi connectivity index (χ4n) is 2.94. The highest BCUT2D eigenvalue weighted by atomic mass is 16.3. The van der Waals surface area contributed by atoms with Gasteiger partial charge in [-0.1, -0.05) is 38.5 Å². The summed E-state index contributed by atoms with van der Waals surface area (Å²) in [6, 6.07) is 0. The first-order valence-electron chi connectivity index (χ1n) is 7.07. The Morgan fingerprint density at radius 2 is 1.12 bits per heavy atom. The van der Waals surface area contributed by atoms with Gasteiger partial charge in [0.05, 0.1) is 11.2 Å². The van der Waals surface area contributed by atoms with Crippen LogP contribution in [0.1, 0.15) is 77.0 Å². The Hall–Kier alpha value is -0.0800. The van der Waals surface area contributed by atoms with Gasteiger partial charge in [-0.05, 0) is 38.5 Å². The van der Waals surface area contributed by atoms with Gasteiger partial charge in [0, 0.05) is 0 Å². The van der Waals surface area contributed by atoms with Crippen LogP contribution in [0.15, 0.2) is 0 Å². The number of hydrogen-bond acceptors (Lipinski definition) is 2. The Morgan fingerprint density at radius 1 is 0.625 bits per heavy atom. The van der Waals surface area contributed by atoms with Gasteiger partial charge in [-0.15, -0.1) is 0 Å². The molecule has 2 aliphatic rings. The summed E-state index contributed by atoms with van der Waals surface area (Å²) in [6.45, 7) is 0. The van der Waals surface area contributed by atoms with Gasteiger partial charge in [0.1, 0.15) is 0 Å². The van der Waals surface area contributed by atoms with Gasteiger partial charge in [0.25, 0.3) is 0 Å². The number of aliphatic hydroxyl groups is 2. The number of hydrogen-bond donors (Lipinski definition) is 2. The monoisotopic (exact) mass is 226 g/mol. The zero-order valence-corrected chi connectivity index (χ0v) is 10.4. The van der Waals surface area contributed by atoms with E-state index in [0.717, 1.165) is 51.4 Å². The molecule has 0 aromatic rings. The largest absolute Gasteiger partial charge is 0.390 e. The fourth-order valence-corrected chi connectivity index (χ4v) is 2.94. The van der Waals surface area contributed by atoms with Crippen molar-refractivity contribution in [1.29, 1.82) is 0 Å². The van der Waals surface area contributed by atoms with Crippen molar-refractivity contribution in [3.63, 3.8) is 0 Å². The van der Waals surface area contributed by atoms with Crippen molar-refractivity contribution in [1.82, 2.24) is 0 Å². The van der Waals surface area contributed by atoms with Crippen molar-refractivity contribution in [3.8, 4) is 0 Å². The van der Waals surface area contributed by atoms with E-state index in [4.69, 9.17) is 0 Å². The predicted molar refractivity (Wildman–Crippen MR) is 65.3 cm³/mol. The molecule has 0 aromatic heterocycles. The maximum Gasteiger partial charge on any atom is 0.0650 e. The SMILES string of the molecule is OC1(CCCCCC2(O)CC2)CCCCC1. The van der Waals surface area contributed by atoms with Crippen molar-refractivity contribution in [2.24, 2.45) is 0 Å². The average molecular weight is 226 g/mol. The highest BCUT2D eigenvalue weighted by molar-refractivity contribution is 4.92. The minimum absolute atomic E-state index is 0.276. The molecule has 2 rings (SSSR count). The summed E-state index contributed by atoms with van der Waals surface area (Å²) in [4.78, 5) is 0. The van der Waals surface area contributed by atoms with E-state index in [1.54, 1.807) is 0 Å². The molecule has 0 saturated heterocycles. The lowest BCUT2D eigenvalue weighted by Gasteiger charge is -2.32. The van der Waals surface area contributed by atoms with Crippen LogP contribution >= 0.6 is 0 Å². The molecule has 2 fully saturated rings. The highest BCUT2D eigenvalue weighted by Gasteiger charge is 2.39. The molecule has 0 bridgehead atoms. The van der Waals surface area contributed by atoms with Crippen molar-refractivity contribution < 1.29 is 10.2 Å². The normalized spacial score (nSPS) is 26.6. The molecule has 2 heteroatoms. The molecule has 0 aromatic carbocycles. The van der Waals surface area contributed by atoms with E-state index in [9.17, 15) is 10.2 Å². The lowest BCUT2D eigenvalue weighted by molar-refractivity contribution is -0.00605. The molecule has 2 nitrogen and oxygen atoms in total. The summed E-state index contributed by atoms with van der Waals surface area (Å²) < 4.78 is 0. The molecular weight excluding hydrogens is 200 g/mol. The van der Waals surface area contributed by atoms with E-state index in [-0.39, 0.29) is 11.2 Å². The highest BCUT2D eigenvalue weighted by Crippen LogP contribution is 2.40. The standard InChI is InChI=1S/C14H26O2/c15-13(7-3-1-4-8-13)9-5-2-6-10-14(16)11-12-14/h15-16H,1-12H2. The molecule has 2 aliphatic carbocycles. The Balaban J connectivity index is 1.53. The summed E-state index contributed by atoms with van der Waals surface area (Å²) in [6.07, 6.45) is 13.1. The lowest BCUT2D eigenvalue weighted by Crippen LogP contribution is -2.31. The van der Waals surface area contributed by atoms with Gasteiger partial charge < -0.3 is 10.2 Å². The van der Waals surface area contributed by atoms with Crippen molar-refractivity contribution in [2.45, 2.75) is 88.3 Å². The smallest absolute Gasteiger partial charge is 0.0650 e. The maximum atomic E-state index is 10.3. The van der Waals surface area contributed by atoms with Crippen molar-refractivity contribution in [2.75, 3.05) is 0 Å². The van der Waals surface area contributed by atoms with Crippen LogP contribution < -0.4 is 0 Å². The van der Waals surface area contributed by atoms with Gasteiger partial charge in [0.2, 0.25) is 0 Å². The van der Waals surface area contributed by atoms with Crippen LogP contribution in [0.25, 0.3) is 0 Å². The second-order valence-electron chi connectivity index (χ2n) is 6.07. The third-order valence-corrected chi connectivity index (χ3v) is 4.40. The van der Waals surface area contributed by atoms with E-state index in [1.165, 1.54) is 25.7 Å². The van der Waals surface area contributed by atoms with E-state index in [0.29, 0.717) is 0 Å². The third-order valence-electron chi connectivity index (χ3n) is 4.40. The van der Waals surface area contributed by atoms with Crippen molar-refractivity contribution in [3.05, 3.63) is 0 Å². The minimum Gasteiger partial charge on any atom is -0.390 e.